The van der Waals surface area contributed by atoms with Gasteiger partial charge in [-0.05, 0) is 27.2 Å². The zero-order valence-corrected chi connectivity index (χ0v) is 12.3. The molecule has 0 spiro atoms. The summed E-state index contributed by atoms with van der Waals surface area (Å²) in [6, 6.07) is 0. The Balaban J connectivity index is -0.000000136. The van der Waals surface area contributed by atoms with Gasteiger partial charge < -0.3 is 17.8 Å². The molecule has 0 fully saturated rings. The monoisotopic (exact) mass is 235 g/mol. The second-order valence-electron chi connectivity index (χ2n) is 3.60. The van der Waals surface area contributed by atoms with Crippen LogP contribution in [0.15, 0.2) is 12.3 Å². The van der Waals surface area contributed by atoms with Crippen molar-refractivity contribution in [1.29, 1.82) is 0 Å². The van der Waals surface area contributed by atoms with Crippen LogP contribution in [0, 0.1) is 7.43 Å². The van der Waals surface area contributed by atoms with Crippen molar-refractivity contribution in [3.05, 3.63) is 25.0 Å². The third kappa shape index (κ3) is 33.1. The number of nitrogens with zero attached hydrogens (tertiary/aromatic N) is 1. The predicted molar refractivity (Wildman–Crippen MR) is 55.0 cm³/mol. The maximum absolute atomic E-state index is 8.52. The van der Waals surface area contributed by atoms with E-state index in [1.807, 2.05) is 6.20 Å². The standard InChI is InChI=1S/C5H8N.C4H10O.CH3.Zn/c1-2-4-6-5-3-1;1-4(2,3)5;;/h2,4H,1,3,5H2;5H,1-3H3;1H3;/q-1;;-1;+2. The molecule has 1 rings (SSSR count). The average molecular weight is 237 g/mol. The van der Waals surface area contributed by atoms with Crippen LogP contribution in [0.1, 0.15) is 33.6 Å². The molecule has 0 atom stereocenters. The van der Waals surface area contributed by atoms with Gasteiger partial charge in [0.1, 0.15) is 0 Å². The third-order valence-electron chi connectivity index (χ3n) is 0.869. The molecule has 0 aromatic heterocycles. The topological polar surface area (TPSA) is 34.3 Å². The normalized spacial score (nSPS) is 13.8. The molecule has 13 heavy (non-hydrogen) atoms. The van der Waals surface area contributed by atoms with Crippen LogP contribution in [0.25, 0.3) is 5.32 Å². The van der Waals surface area contributed by atoms with E-state index in [9.17, 15) is 0 Å². The first-order valence-electron chi connectivity index (χ1n) is 4.04. The van der Waals surface area contributed by atoms with Crippen LogP contribution in [0.2, 0.25) is 0 Å². The Morgan fingerprint density at radius 2 is 1.77 bits per heavy atom. The molecule has 0 aromatic carbocycles. The minimum Gasteiger partial charge on any atom is -0.691 e. The van der Waals surface area contributed by atoms with E-state index in [0.29, 0.717) is 0 Å². The van der Waals surface area contributed by atoms with Crippen molar-refractivity contribution in [3.8, 4) is 0 Å². The zero-order valence-electron chi connectivity index (χ0n) is 9.38. The molecule has 74 valence electrons. The largest absolute Gasteiger partial charge is 2.00 e. The quantitative estimate of drug-likeness (QED) is 0.509. The molecule has 1 aliphatic rings. The van der Waals surface area contributed by atoms with Crippen molar-refractivity contribution in [2.24, 2.45) is 0 Å². The second-order valence-corrected chi connectivity index (χ2v) is 3.60. The fraction of sp³-hybridized carbons (Fsp3) is 0.700. The molecular formula is C10H21NOZn. The molecule has 0 amide bonds. The van der Waals surface area contributed by atoms with Crippen LogP contribution in [0.3, 0.4) is 0 Å². The van der Waals surface area contributed by atoms with Gasteiger partial charge in [-0.2, -0.15) is 6.20 Å². The summed E-state index contributed by atoms with van der Waals surface area (Å²) in [5, 5.41) is 12.5. The number of hydrogen-bond acceptors (Lipinski definition) is 1. The van der Waals surface area contributed by atoms with Gasteiger partial charge in [0.15, 0.2) is 0 Å². The summed E-state index contributed by atoms with van der Waals surface area (Å²) in [4.78, 5) is 0. The van der Waals surface area contributed by atoms with Gasteiger partial charge in [0.2, 0.25) is 0 Å². The van der Waals surface area contributed by atoms with E-state index < -0.39 is 5.60 Å². The molecule has 0 aromatic rings. The Bertz CT molecular complexity index is 105. The summed E-state index contributed by atoms with van der Waals surface area (Å²) in [6.45, 7) is 6.27. The molecule has 3 heteroatoms. The van der Waals surface area contributed by atoms with Crippen molar-refractivity contribution < 1.29 is 24.6 Å². The fourth-order valence-electron chi connectivity index (χ4n) is 0.524. The van der Waals surface area contributed by atoms with Crippen LogP contribution in [0.5, 0.6) is 0 Å². The summed E-state index contributed by atoms with van der Waals surface area (Å²) >= 11 is 0. The molecule has 2 nitrogen and oxygen atoms in total. The molecule has 1 N–H and O–H groups in total. The number of aliphatic hydroxyl groups is 1. The summed E-state index contributed by atoms with van der Waals surface area (Å²) in [5.41, 5.74) is -0.500. The van der Waals surface area contributed by atoms with Crippen LogP contribution < -0.4 is 0 Å². The maximum atomic E-state index is 8.52. The summed E-state index contributed by atoms with van der Waals surface area (Å²) in [5.74, 6) is 0. The molecule has 0 aliphatic carbocycles. The number of allylic oxidation sites excluding steroid dienone is 1. The van der Waals surface area contributed by atoms with Gasteiger partial charge in [0.25, 0.3) is 0 Å². The van der Waals surface area contributed by atoms with Crippen LogP contribution in [-0.4, -0.2) is 17.3 Å². The van der Waals surface area contributed by atoms with E-state index in [1.165, 1.54) is 12.8 Å². The second kappa shape index (κ2) is 10.2. The van der Waals surface area contributed by atoms with Gasteiger partial charge >= 0.3 is 19.5 Å². The number of rotatable bonds is 0. The first kappa shape index (κ1) is 18.8. The van der Waals surface area contributed by atoms with Gasteiger partial charge in [0, 0.05) is 0 Å². The van der Waals surface area contributed by atoms with Gasteiger partial charge in [-0.3, -0.25) is 0 Å². The molecule has 0 radical (unpaired) electrons. The maximum Gasteiger partial charge on any atom is 2.00 e. The van der Waals surface area contributed by atoms with Crippen molar-refractivity contribution in [2.45, 2.75) is 39.2 Å². The Kier molecular flexibility index (Phi) is 14.8. The summed E-state index contributed by atoms with van der Waals surface area (Å²) < 4.78 is 0. The van der Waals surface area contributed by atoms with E-state index >= 15 is 0 Å². The van der Waals surface area contributed by atoms with Gasteiger partial charge in [-0.25, -0.2) is 0 Å². The van der Waals surface area contributed by atoms with Crippen LogP contribution in [-0.2, 0) is 19.5 Å². The fourth-order valence-corrected chi connectivity index (χ4v) is 0.524. The van der Waals surface area contributed by atoms with E-state index in [0.717, 1.165) is 6.54 Å². The third-order valence-corrected chi connectivity index (χ3v) is 0.869. The molecule has 0 bridgehead atoms. The molecule has 0 saturated heterocycles. The van der Waals surface area contributed by atoms with Gasteiger partial charge in [-0.15, -0.1) is 12.6 Å². The van der Waals surface area contributed by atoms with Crippen LogP contribution >= 0.6 is 0 Å². The molecule has 0 saturated carbocycles. The van der Waals surface area contributed by atoms with E-state index in [2.05, 4.69) is 11.4 Å². The minimum atomic E-state index is -0.500. The molecule has 1 aliphatic heterocycles. The first-order chi connectivity index (χ1) is 5.00. The van der Waals surface area contributed by atoms with E-state index in [4.69, 9.17) is 5.11 Å². The SMILES string of the molecule is C1=C[N-]CCC1.CC(C)(C)O.[CH3-].[Zn+2]. The van der Waals surface area contributed by atoms with Gasteiger partial charge in [0.05, 0.1) is 5.60 Å². The molecule has 0 unspecified atom stereocenters. The Morgan fingerprint density at radius 1 is 1.31 bits per heavy atom. The van der Waals surface area contributed by atoms with Crippen molar-refractivity contribution in [3.63, 3.8) is 0 Å². The Labute approximate surface area is 95.6 Å². The number of hydrogen-bond donors (Lipinski definition) is 1. The van der Waals surface area contributed by atoms with Crippen LogP contribution in [0.4, 0.5) is 0 Å². The summed E-state index contributed by atoms with van der Waals surface area (Å²) in [7, 11) is 0. The smallest absolute Gasteiger partial charge is 0.691 e. The molecule has 1 heterocycles. The first-order valence-corrected chi connectivity index (χ1v) is 4.04. The minimum absolute atomic E-state index is 0. The van der Waals surface area contributed by atoms with E-state index in [1.54, 1.807) is 20.8 Å². The predicted octanol–water partition coefficient (Wildman–Crippen LogP) is 2.89. The van der Waals surface area contributed by atoms with Gasteiger partial charge in [-0.1, -0.05) is 6.42 Å². The van der Waals surface area contributed by atoms with Crippen molar-refractivity contribution in [1.82, 2.24) is 0 Å². The average Bonchev–Trinajstić information content (AvgIpc) is 1.88. The molecular weight excluding hydrogens is 216 g/mol. The zero-order chi connectivity index (χ0) is 8.74. The Hall–Kier alpha value is 0.123. The van der Waals surface area contributed by atoms with Crippen molar-refractivity contribution >= 4 is 0 Å². The van der Waals surface area contributed by atoms with Crippen molar-refractivity contribution in [2.75, 3.05) is 6.54 Å². The van der Waals surface area contributed by atoms with E-state index in [-0.39, 0.29) is 26.9 Å². The Morgan fingerprint density at radius 3 is 1.85 bits per heavy atom. The summed E-state index contributed by atoms with van der Waals surface area (Å²) in [6.07, 6.45) is 6.47.